The van der Waals surface area contributed by atoms with Gasteiger partial charge < -0.3 is 13.8 Å². The molecule has 1 saturated heterocycles. The van der Waals surface area contributed by atoms with Crippen LogP contribution >= 0.6 is 16.1 Å². The van der Waals surface area contributed by atoms with Gasteiger partial charge in [0.2, 0.25) is 0 Å². The first-order valence-electron chi connectivity index (χ1n) is 9.96. The first-order valence-corrected chi connectivity index (χ1v) is 13.5. The predicted octanol–water partition coefficient (Wildman–Crippen LogP) is 4.99. The molecule has 1 aliphatic rings. The standard InChI is InChI=1S/C20H36B2O4P2/c1-14(2)17(26-28(8)22)13-16-12-15(3)18(23)20(6,25-16)19(4,5)10-9-11-24-27(7)21/h9-10,14-17H,11-13H2,1-8H3/b10-9+/t15-,16?,17+,20+,27?,28?/m0/s1. The smallest absolute Gasteiger partial charge is 0.168 e. The van der Waals surface area contributed by atoms with Crippen molar-refractivity contribution in [2.45, 2.75) is 72.2 Å². The van der Waals surface area contributed by atoms with Gasteiger partial charge in [-0.3, -0.25) is 4.79 Å². The van der Waals surface area contributed by atoms with E-state index in [9.17, 15) is 4.79 Å². The van der Waals surface area contributed by atoms with Gasteiger partial charge in [0.25, 0.3) is 0 Å². The molecule has 4 nitrogen and oxygen atoms in total. The molecule has 28 heavy (non-hydrogen) atoms. The molecule has 6 atom stereocenters. The van der Waals surface area contributed by atoms with Gasteiger partial charge >= 0.3 is 0 Å². The topological polar surface area (TPSA) is 44.8 Å². The van der Waals surface area contributed by atoms with E-state index in [2.05, 4.69) is 13.8 Å². The monoisotopic (exact) mass is 424 g/mol. The van der Waals surface area contributed by atoms with Crippen LogP contribution in [-0.2, 0) is 18.6 Å². The quantitative estimate of drug-likeness (QED) is 0.282. The Kier molecular flexibility index (Phi) is 10.4. The lowest BCUT2D eigenvalue weighted by Crippen LogP contribution is -2.58. The Balaban J connectivity index is 2.97. The summed E-state index contributed by atoms with van der Waals surface area (Å²) in [6, 6.07) is 0. The third-order valence-electron chi connectivity index (χ3n) is 5.62. The molecule has 0 amide bonds. The highest BCUT2D eigenvalue weighted by molar-refractivity contribution is 7.77. The van der Waals surface area contributed by atoms with E-state index in [1.807, 2.05) is 53.2 Å². The first kappa shape index (κ1) is 26.3. The average Bonchev–Trinajstić information content (AvgIpc) is 2.55. The van der Waals surface area contributed by atoms with Gasteiger partial charge in [-0.05, 0) is 48.6 Å². The summed E-state index contributed by atoms with van der Waals surface area (Å²) in [4.78, 5) is 13.1. The van der Waals surface area contributed by atoms with Gasteiger partial charge in [0.15, 0.2) is 5.78 Å². The van der Waals surface area contributed by atoms with Crippen molar-refractivity contribution < 1.29 is 18.6 Å². The Morgan fingerprint density at radius 2 is 1.93 bits per heavy atom. The molecule has 0 bridgehead atoms. The number of Topliss-reactive ketones (excluding diaryl/α,β-unsaturated/α-hetero) is 1. The molecule has 0 spiro atoms. The highest BCUT2D eigenvalue weighted by atomic mass is 31.1. The number of ketones is 1. The SMILES string of the molecule is [B]P(C)OC/C=C/C(C)(C)[C@]1(C)OC(C[C@@H](OP([B])C)C(C)C)C[C@H](C)C1=O. The summed E-state index contributed by atoms with van der Waals surface area (Å²) in [7, 11) is 9.77. The highest BCUT2D eigenvalue weighted by Crippen LogP contribution is 2.45. The summed E-state index contributed by atoms with van der Waals surface area (Å²) in [5.74, 6) is 0.421. The van der Waals surface area contributed by atoms with Crippen molar-refractivity contribution in [3.05, 3.63) is 12.2 Å². The lowest BCUT2D eigenvalue weighted by Gasteiger charge is -2.49. The van der Waals surface area contributed by atoms with E-state index in [1.54, 1.807) is 0 Å². The van der Waals surface area contributed by atoms with Crippen molar-refractivity contribution in [1.82, 2.24) is 0 Å². The first-order chi connectivity index (χ1) is 12.8. The Morgan fingerprint density at radius 3 is 2.43 bits per heavy atom. The number of carbonyl (C=O) groups is 1. The summed E-state index contributed by atoms with van der Waals surface area (Å²) in [6.45, 7) is 16.4. The van der Waals surface area contributed by atoms with Gasteiger partial charge in [0.1, 0.15) is 20.7 Å². The van der Waals surface area contributed by atoms with Crippen LogP contribution in [0.25, 0.3) is 0 Å². The molecule has 8 heteroatoms. The molecular weight excluding hydrogens is 388 g/mol. The van der Waals surface area contributed by atoms with Gasteiger partial charge in [-0.2, -0.15) is 0 Å². The van der Waals surface area contributed by atoms with E-state index in [1.165, 1.54) is 0 Å². The molecular formula is C20H36B2O4P2. The molecule has 1 heterocycles. The molecule has 1 aliphatic heterocycles. The zero-order valence-electron chi connectivity index (χ0n) is 18.8. The van der Waals surface area contributed by atoms with Gasteiger partial charge in [0, 0.05) is 17.8 Å². The summed E-state index contributed by atoms with van der Waals surface area (Å²) in [6.07, 6.45) is 5.38. The maximum atomic E-state index is 13.1. The van der Waals surface area contributed by atoms with Crippen molar-refractivity contribution in [3.8, 4) is 0 Å². The lowest BCUT2D eigenvalue weighted by atomic mass is 9.68. The summed E-state index contributed by atoms with van der Waals surface area (Å²) >= 11 is 0. The van der Waals surface area contributed by atoms with E-state index in [0.29, 0.717) is 18.9 Å². The van der Waals surface area contributed by atoms with Crippen LogP contribution < -0.4 is 0 Å². The molecule has 1 fully saturated rings. The lowest BCUT2D eigenvalue weighted by molar-refractivity contribution is -0.191. The normalized spacial score (nSPS) is 30.0. The molecule has 0 saturated carbocycles. The molecule has 0 aliphatic carbocycles. The van der Waals surface area contributed by atoms with E-state index < -0.39 is 27.1 Å². The Hall–Kier alpha value is 0.280. The third-order valence-corrected chi connectivity index (χ3v) is 6.78. The summed E-state index contributed by atoms with van der Waals surface area (Å²) < 4.78 is 17.9. The molecule has 0 aromatic rings. The van der Waals surface area contributed by atoms with Crippen molar-refractivity contribution in [1.29, 1.82) is 0 Å². The minimum absolute atomic E-state index is 0.0242. The largest absolute Gasteiger partial charge is 0.367 e. The van der Waals surface area contributed by atoms with Crippen LogP contribution in [0, 0.1) is 17.3 Å². The fourth-order valence-corrected chi connectivity index (χ4v) is 4.67. The number of rotatable bonds is 10. The minimum Gasteiger partial charge on any atom is -0.367 e. The van der Waals surface area contributed by atoms with Crippen LogP contribution in [0.5, 0.6) is 0 Å². The zero-order valence-corrected chi connectivity index (χ0v) is 20.6. The zero-order chi connectivity index (χ0) is 21.7. The molecule has 0 aromatic carbocycles. The maximum Gasteiger partial charge on any atom is 0.168 e. The highest BCUT2D eigenvalue weighted by Gasteiger charge is 2.52. The summed E-state index contributed by atoms with van der Waals surface area (Å²) in [5, 5.41) is 0. The second-order valence-electron chi connectivity index (χ2n) is 8.91. The molecule has 3 unspecified atom stereocenters. The van der Waals surface area contributed by atoms with Crippen molar-refractivity contribution >= 4 is 37.0 Å². The van der Waals surface area contributed by atoms with Gasteiger partial charge in [-0.15, -0.1) is 0 Å². The van der Waals surface area contributed by atoms with Crippen molar-refractivity contribution in [2.24, 2.45) is 17.3 Å². The van der Waals surface area contributed by atoms with Gasteiger partial charge in [0.05, 0.1) is 18.8 Å². The van der Waals surface area contributed by atoms with Crippen LogP contribution in [0.2, 0.25) is 0 Å². The van der Waals surface area contributed by atoms with Crippen LogP contribution in [0.3, 0.4) is 0 Å². The van der Waals surface area contributed by atoms with E-state index >= 15 is 0 Å². The molecule has 1 rings (SSSR count). The Labute approximate surface area is 177 Å². The minimum atomic E-state index is -0.937. The van der Waals surface area contributed by atoms with Crippen molar-refractivity contribution in [2.75, 3.05) is 19.9 Å². The maximum absolute atomic E-state index is 13.1. The number of hydrogen-bond acceptors (Lipinski definition) is 4. The fraction of sp³-hybridized carbons (Fsp3) is 0.850. The average molecular weight is 424 g/mol. The van der Waals surface area contributed by atoms with Crippen LogP contribution in [0.15, 0.2) is 12.2 Å². The van der Waals surface area contributed by atoms with Crippen LogP contribution in [0.4, 0.5) is 0 Å². The summed E-state index contributed by atoms with van der Waals surface area (Å²) in [5.41, 5.74) is -1.39. The Morgan fingerprint density at radius 1 is 1.32 bits per heavy atom. The predicted molar refractivity (Wildman–Crippen MR) is 122 cm³/mol. The van der Waals surface area contributed by atoms with Gasteiger partial charge in [-0.25, -0.2) is 0 Å². The molecule has 156 valence electrons. The molecule has 4 radical (unpaired) electrons. The second-order valence-corrected chi connectivity index (χ2v) is 11.6. The van der Waals surface area contributed by atoms with Crippen molar-refractivity contribution in [3.63, 3.8) is 0 Å². The van der Waals surface area contributed by atoms with Crippen LogP contribution in [0.1, 0.15) is 54.4 Å². The Bertz CT molecular complexity index is 540. The third kappa shape index (κ3) is 7.21. The van der Waals surface area contributed by atoms with E-state index in [0.717, 1.165) is 6.42 Å². The number of carbonyl (C=O) groups excluding carboxylic acids is 1. The molecule has 0 N–H and O–H groups in total. The van der Waals surface area contributed by atoms with Gasteiger partial charge in [-0.1, -0.05) is 46.8 Å². The van der Waals surface area contributed by atoms with E-state index in [-0.39, 0.29) is 23.9 Å². The number of ether oxygens (including phenoxy) is 1. The fourth-order valence-electron chi connectivity index (χ4n) is 3.60. The number of hydrogen-bond donors (Lipinski definition) is 0. The van der Waals surface area contributed by atoms with Crippen LogP contribution in [-0.4, -0.2) is 58.7 Å². The molecule has 0 aromatic heterocycles. The van der Waals surface area contributed by atoms with E-state index in [4.69, 9.17) is 28.9 Å². The second kappa shape index (κ2) is 11.1.